The van der Waals surface area contributed by atoms with Crippen molar-refractivity contribution in [3.63, 3.8) is 0 Å². The Morgan fingerprint density at radius 2 is 2.06 bits per heavy atom. The van der Waals surface area contributed by atoms with Gasteiger partial charge in [-0.05, 0) is 21.8 Å². The van der Waals surface area contributed by atoms with E-state index in [4.69, 9.17) is 0 Å². The van der Waals surface area contributed by atoms with Crippen LogP contribution in [0.3, 0.4) is 0 Å². The molecule has 0 radical (unpaired) electrons. The molecule has 0 N–H and O–H groups in total. The van der Waals surface area contributed by atoms with E-state index < -0.39 is 0 Å². The first-order chi connectivity index (χ1) is 8.65. The molecule has 0 bridgehead atoms. The smallest absolute Gasteiger partial charge is 0.281 e. The first kappa shape index (κ1) is 13.1. The minimum Gasteiger partial charge on any atom is -0.297 e. The summed E-state index contributed by atoms with van der Waals surface area (Å²) < 4.78 is 2.18. The highest BCUT2D eigenvalue weighted by molar-refractivity contribution is 9.10. The molecule has 0 atom stereocenters. The molecular formula is C12H15BrN4O. The number of nitrogens with zero attached hydrogens (tertiary/aromatic N) is 4. The van der Waals surface area contributed by atoms with Crippen LogP contribution in [0.15, 0.2) is 21.9 Å². The van der Waals surface area contributed by atoms with E-state index in [0.29, 0.717) is 28.2 Å². The molecule has 2 heterocycles. The summed E-state index contributed by atoms with van der Waals surface area (Å²) in [5, 5.41) is 0. The monoisotopic (exact) mass is 310 g/mol. The van der Waals surface area contributed by atoms with Crippen LogP contribution in [0, 0.1) is 5.92 Å². The lowest BCUT2D eigenvalue weighted by Gasteiger charge is -2.13. The van der Waals surface area contributed by atoms with Crippen LogP contribution in [0.2, 0.25) is 0 Å². The van der Waals surface area contributed by atoms with Gasteiger partial charge in [-0.3, -0.25) is 9.36 Å². The van der Waals surface area contributed by atoms with Crippen LogP contribution in [0.4, 0.5) is 0 Å². The summed E-state index contributed by atoms with van der Waals surface area (Å²) in [4.78, 5) is 24.6. The van der Waals surface area contributed by atoms with Gasteiger partial charge in [0.25, 0.3) is 5.56 Å². The zero-order valence-electron chi connectivity index (χ0n) is 10.4. The van der Waals surface area contributed by atoms with Crippen LogP contribution < -0.4 is 5.56 Å². The van der Waals surface area contributed by atoms with Crippen molar-refractivity contribution in [1.29, 1.82) is 0 Å². The predicted molar refractivity (Wildman–Crippen MR) is 73.4 cm³/mol. The maximum atomic E-state index is 12.2. The maximum absolute atomic E-state index is 12.2. The first-order valence-electron chi connectivity index (χ1n) is 6.03. The summed E-state index contributed by atoms with van der Waals surface area (Å²) in [5.74, 6) is 0.488. The summed E-state index contributed by atoms with van der Waals surface area (Å²) >= 11 is 3.22. The van der Waals surface area contributed by atoms with E-state index in [1.807, 2.05) is 0 Å². The molecule has 0 aliphatic rings. The molecule has 2 rings (SSSR count). The Morgan fingerprint density at radius 1 is 1.33 bits per heavy atom. The van der Waals surface area contributed by atoms with E-state index >= 15 is 0 Å². The van der Waals surface area contributed by atoms with Gasteiger partial charge in [0.2, 0.25) is 0 Å². The fourth-order valence-corrected chi connectivity index (χ4v) is 2.15. The minimum atomic E-state index is -0.124. The average molecular weight is 311 g/mol. The van der Waals surface area contributed by atoms with Crippen molar-refractivity contribution in [1.82, 2.24) is 19.5 Å². The van der Waals surface area contributed by atoms with Crippen molar-refractivity contribution in [2.24, 2.45) is 5.92 Å². The maximum Gasteiger partial charge on any atom is 0.281 e. The van der Waals surface area contributed by atoms with Crippen molar-refractivity contribution in [3.05, 3.63) is 27.5 Å². The minimum absolute atomic E-state index is 0.124. The van der Waals surface area contributed by atoms with Gasteiger partial charge in [-0.1, -0.05) is 26.7 Å². The summed E-state index contributed by atoms with van der Waals surface area (Å²) in [7, 11) is 0. The highest BCUT2D eigenvalue weighted by atomic mass is 79.9. The van der Waals surface area contributed by atoms with Gasteiger partial charge in [0, 0.05) is 6.54 Å². The molecule has 0 saturated heterocycles. The van der Waals surface area contributed by atoms with Gasteiger partial charge in [0.05, 0.1) is 6.20 Å². The van der Waals surface area contributed by atoms with Gasteiger partial charge < -0.3 is 0 Å². The lowest BCUT2D eigenvalue weighted by molar-refractivity contribution is 0.410. The molecule has 0 fully saturated rings. The predicted octanol–water partition coefficient (Wildman–Crippen LogP) is 2.39. The van der Waals surface area contributed by atoms with Crippen molar-refractivity contribution >= 4 is 27.1 Å². The Balaban J connectivity index is 2.47. The zero-order chi connectivity index (χ0) is 13.1. The number of fused-ring (bicyclic) bond motifs is 1. The molecule has 0 aliphatic heterocycles. The van der Waals surface area contributed by atoms with E-state index in [2.05, 4.69) is 44.7 Å². The van der Waals surface area contributed by atoms with Gasteiger partial charge in [-0.25, -0.2) is 15.0 Å². The van der Waals surface area contributed by atoms with Crippen molar-refractivity contribution in [3.8, 4) is 0 Å². The molecule has 0 amide bonds. The van der Waals surface area contributed by atoms with E-state index in [9.17, 15) is 4.79 Å². The van der Waals surface area contributed by atoms with E-state index in [0.717, 1.165) is 12.8 Å². The number of hydrogen-bond donors (Lipinski definition) is 0. The van der Waals surface area contributed by atoms with Crippen LogP contribution in [-0.4, -0.2) is 19.5 Å². The summed E-state index contributed by atoms with van der Waals surface area (Å²) in [6.45, 7) is 4.94. The van der Waals surface area contributed by atoms with Crippen LogP contribution in [0.1, 0.15) is 26.7 Å². The second kappa shape index (κ2) is 5.56. The van der Waals surface area contributed by atoms with Gasteiger partial charge >= 0.3 is 0 Å². The largest absolute Gasteiger partial charge is 0.297 e. The lowest BCUT2D eigenvalue weighted by atomic mass is 10.0. The van der Waals surface area contributed by atoms with Gasteiger partial charge in [0.1, 0.15) is 10.9 Å². The molecule has 96 valence electrons. The Labute approximate surface area is 113 Å². The Bertz CT molecular complexity index is 607. The molecular weight excluding hydrogens is 296 g/mol. The van der Waals surface area contributed by atoms with E-state index in [1.165, 1.54) is 0 Å². The third-order valence-corrected chi connectivity index (χ3v) is 3.50. The summed E-state index contributed by atoms with van der Waals surface area (Å²) in [6, 6.07) is 0. The van der Waals surface area contributed by atoms with E-state index in [-0.39, 0.29) is 5.56 Å². The van der Waals surface area contributed by atoms with Gasteiger partial charge in [-0.15, -0.1) is 0 Å². The fraction of sp³-hybridized carbons (Fsp3) is 0.500. The molecule has 0 unspecified atom stereocenters. The molecule has 18 heavy (non-hydrogen) atoms. The highest BCUT2D eigenvalue weighted by Gasteiger charge is 2.10. The second-order valence-corrected chi connectivity index (χ2v) is 5.06. The molecule has 6 heteroatoms. The molecule has 0 aromatic carbocycles. The average Bonchev–Trinajstić information content (AvgIpc) is 2.39. The third kappa shape index (κ3) is 2.58. The van der Waals surface area contributed by atoms with Gasteiger partial charge in [0.15, 0.2) is 11.2 Å². The molecule has 2 aromatic rings. The van der Waals surface area contributed by atoms with Crippen molar-refractivity contribution in [2.45, 2.75) is 33.2 Å². The number of rotatable bonds is 4. The lowest BCUT2D eigenvalue weighted by Crippen LogP contribution is -2.25. The van der Waals surface area contributed by atoms with E-state index in [1.54, 1.807) is 17.1 Å². The molecule has 0 spiro atoms. The Morgan fingerprint density at radius 3 is 2.72 bits per heavy atom. The van der Waals surface area contributed by atoms with Crippen LogP contribution >= 0.6 is 15.9 Å². The zero-order valence-corrected chi connectivity index (χ0v) is 12.0. The molecule has 2 aromatic heterocycles. The SMILES string of the molecule is CCC(CC)Cn1cnc2ncc(Br)nc2c1=O. The van der Waals surface area contributed by atoms with Crippen LogP contribution in [0.5, 0.6) is 0 Å². The van der Waals surface area contributed by atoms with Crippen molar-refractivity contribution < 1.29 is 0 Å². The standard InChI is InChI=1S/C12H15BrN4O/c1-3-8(4-2)6-17-7-15-11-10(12(17)18)16-9(13)5-14-11/h5,7-8H,3-4,6H2,1-2H3. The number of halogens is 1. The first-order valence-corrected chi connectivity index (χ1v) is 6.82. The molecule has 0 saturated carbocycles. The van der Waals surface area contributed by atoms with Crippen LogP contribution in [0.25, 0.3) is 11.2 Å². The Kier molecular flexibility index (Phi) is 4.06. The molecule has 0 aliphatic carbocycles. The molecule has 5 nitrogen and oxygen atoms in total. The summed E-state index contributed by atoms with van der Waals surface area (Å²) in [5.41, 5.74) is 0.586. The third-order valence-electron chi connectivity index (χ3n) is 3.12. The quantitative estimate of drug-likeness (QED) is 0.870. The summed E-state index contributed by atoms with van der Waals surface area (Å²) in [6.07, 6.45) is 5.20. The normalized spacial score (nSPS) is 11.3. The number of aromatic nitrogens is 4. The second-order valence-electron chi connectivity index (χ2n) is 4.25. The van der Waals surface area contributed by atoms with Crippen molar-refractivity contribution in [2.75, 3.05) is 0 Å². The van der Waals surface area contributed by atoms with Crippen LogP contribution in [-0.2, 0) is 6.54 Å². The topological polar surface area (TPSA) is 60.7 Å². The van der Waals surface area contributed by atoms with Gasteiger partial charge in [-0.2, -0.15) is 0 Å². The Hall–Kier alpha value is -1.30. The highest BCUT2D eigenvalue weighted by Crippen LogP contribution is 2.11. The fourth-order valence-electron chi connectivity index (χ4n) is 1.87. The number of hydrogen-bond acceptors (Lipinski definition) is 4.